The van der Waals surface area contributed by atoms with Gasteiger partial charge in [0, 0.05) is 5.39 Å². The second-order valence-electron chi connectivity index (χ2n) is 6.83. The molecule has 4 heteroatoms. The number of fused-ring (bicyclic) bond motifs is 1. The van der Waals surface area contributed by atoms with Crippen LogP contribution in [0.25, 0.3) is 10.8 Å². The minimum atomic E-state index is -0.203. The largest absolute Gasteiger partial charge is 0.488 e. The number of benzene rings is 3. The minimum absolute atomic E-state index is 0.0498. The van der Waals surface area contributed by atoms with E-state index in [-0.39, 0.29) is 18.6 Å². The van der Waals surface area contributed by atoms with Crippen LogP contribution in [-0.4, -0.2) is 18.6 Å². The zero-order valence-corrected chi connectivity index (χ0v) is 15.2. The summed E-state index contributed by atoms with van der Waals surface area (Å²) >= 11 is 0. The van der Waals surface area contributed by atoms with E-state index in [9.17, 15) is 4.79 Å². The Kier molecular flexibility index (Phi) is 5.24. The van der Waals surface area contributed by atoms with Crippen LogP contribution in [0.3, 0.4) is 0 Å². The van der Waals surface area contributed by atoms with Crippen LogP contribution in [0.5, 0.6) is 11.5 Å². The van der Waals surface area contributed by atoms with Crippen molar-refractivity contribution in [1.82, 2.24) is 0 Å². The first-order valence-corrected chi connectivity index (χ1v) is 9.46. The van der Waals surface area contributed by atoms with Crippen molar-refractivity contribution >= 4 is 22.4 Å². The smallest absolute Gasteiger partial charge is 0.262 e. The van der Waals surface area contributed by atoms with Gasteiger partial charge in [-0.2, -0.15) is 0 Å². The number of hydrogen-bond acceptors (Lipinski definition) is 3. The summed E-state index contributed by atoms with van der Waals surface area (Å²) in [7, 11) is 0. The number of carbonyl (C=O) groups is 1. The zero-order valence-electron chi connectivity index (χ0n) is 15.2. The summed E-state index contributed by atoms with van der Waals surface area (Å²) in [5.41, 5.74) is 0.691. The average molecular weight is 361 g/mol. The molecule has 1 amide bonds. The van der Waals surface area contributed by atoms with Gasteiger partial charge in [0.05, 0.1) is 11.8 Å². The van der Waals surface area contributed by atoms with E-state index in [0.717, 1.165) is 29.4 Å². The number of carbonyl (C=O) groups excluding carboxylic acids is 1. The van der Waals surface area contributed by atoms with Crippen molar-refractivity contribution in [2.45, 2.75) is 31.8 Å². The standard InChI is InChI=1S/C23H23NO3/c25-23(16-26-21-15-7-9-17-8-1-4-12-19(17)21)24-20-13-5-6-14-22(20)27-18-10-2-3-11-18/h1,4-9,12-15,18H,2-3,10-11,16H2,(H,24,25). The van der Waals surface area contributed by atoms with Crippen molar-refractivity contribution in [2.75, 3.05) is 11.9 Å². The van der Waals surface area contributed by atoms with Crippen LogP contribution in [0.2, 0.25) is 0 Å². The van der Waals surface area contributed by atoms with Crippen molar-refractivity contribution in [3.05, 3.63) is 66.7 Å². The molecule has 0 heterocycles. The molecule has 1 N–H and O–H groups in total. The minimum Gasteiger partial charge on any atom is -0.488 e. The van der Waals surface area contributed by atoms with Gasteiger partial charge in [0.2, 0.25) is 0 Å². The van der Waals surface area contributed by atoms with Gasteiger partial charge >= 0.3 is 0 Å². The van der Waals surface area contributed by atoms with Gasteiger partial charge in [-0.05, 0) is 49.3 Å². The van der Waals surface area contributed by atoms with E-state index in [1.807, 2.05) is 66.7 Å². The van der Waals surface area contributed by atoms with Crippen molar-refractivity contribution in [1.29, 1.82) is 0 Å². The Balaban J connectivity index is 1.41. The number of anilines is 1. The molecule has 4 nitrogen and oxygen atoms in total. The first kappa shape index (κ1) is 17.4. The first-order valence-electron chi connectivity index (χ1n) is 9.46. The van der Waals surface area contributed by atoms with Gasteiger partial charge in [0.1, 0.15) is 11.5 Å². The Morgan fingerprint density at radius 3 is 2.48 bits per heavy atom. The Labute approximate surface area is 159 Å². The number of hydrogen-bond donors (Lipinski definition) is 1. The molecule has 0 radical (unpaired) electrons. The Bertz CT molecular complexity index is 926. The van der Waals surface area contributed by atoms with Gasteiger partial charge in [-0.3, -0.25) is 4.79 Å². The van der Waals surface area contributed by atoms with E-state index in [0.29, 0.717) is 11.4 Å². The second-order valence-corrected chi connectivity index (χ2v) is 6.83. The lowest BCUT2D eigenvalue weighted by atomic mass is 10.1. The lowest BCUT2D eigenvalue weighted by molar-refractivity contribution is -0.118. The van der Waals surface area contributed by atoms with Crippen LogP contribution in [-0.2, 0) is 4.79 Å². The summed E-state index contributed by atoms with van der Waals surface area (Å²) in [5, 5.41) is 5.00. The van der Waals surface area contributed by atoms with Crippen LogP contribution in [0.4, 0.5) is 5.69 Å². The van der Waals surface area contributed by atoms with Crippen LogP contribution >= 0.6 is 0 Å². The average Bonchev–Trinajstić information content (AvgIpc) is 3.21. The molecule has 1 aliphatic carbocycles. The third kappa shape index (κ3) is 4.22. The molecule has 138 valence electrons. The highest BCUT2D eigenvalue weighted by Gasteiger charge is 2.18. The Morgan fingerprint density at radius 2 is 1.59 bits per heavy atom. The highest BCUT2D eigenvalue weighted by molar-refractivity contribution is 5.94. The third-order valence-corrected chi connectivity index (χ3v) is 4.87. The molecule has 27 heavy (non-hydrogen) atoms. The molecule has 0 saturated heterocycles. The van der Waals surface area contributed by atoms with E-state index in [1.54, 1.807) is 0 Å². The summed E-state index contributed by atoms with van der Waals surface area (Å²) < 4.78 is 11.8. The maximum atomic E-state index is 12.4. The van der Waals surface area contributed by atoms with E-state index in [4.69, 9.17) is 9.47 Å². The van der Waals surface area contributed by atoms with Gasteiger partial charge < -0.3 is 14.8 Å². The molecule has 1 aliphatic rings. The molecule has 1 fully saturated rings. The molecule has 0 bridgehead atoms. The van der Waals surface area contributed by atoms with Gasteiger partial charge in [-0.1, -0.05) is 48.5 Å². The second kappa shape index (κ2) is 8.12. The molecule has 0 unspecified atom stereocenters. The maximum Gasteiger partial charge on any atom is 0.262 e. The fourth-order valence-corrected chi connectivity index (χ4v) is 3.51. The maximum absolute atomic E-state index is 12.4. The molecule has 3 aromatic carbocycles. The van der Waals surface area contributed by atoms with Crippen molar-refractivity contribution < 1.29 is 14.3 Å². The molecular formula is C23H23NO3. The zero-order chi connectivity index (χ0) is 18.5. The lowest BCUT2D eigenvalue weighted by Crippen LogP contribution is -2.21. The SMILES string of the molecule is O=C(COc1cccc2ccccc12)Nc1ccccc1OC1CCCC1. The molecular weight excluding hydrogens is 338 g/mol. The molecule has 0 aromatic heterocycles. The topological polar surface area (TPSA) is 47.6 Å². The number of amides is 1. The molecule has 3 aromatic rings. The van der Waals surface area contributed by atoms with Crippen molar-refractivity contribution in [3.8, 4) is 11.5 Å². The van der Waals surface area contributed by atoms with Crippen LogP contribution < -0.4 is 14.8 Å². The van der Waals surface area contributed by atoms with Gasteiger partial charge in [-0.25, -0.2) is 0 Å². The predicted octanol–water partition coefficient (Wildman–Crippen LogP) is 5.18. The van der Waals surface area contributed by atoms with Crippen molar-refractivity contribution in [2.24, 2.45) is 0 Å². The number of para-hydroxylation sites is 2. The molecule has 0 aliphatic heterocycles. The lowest BCUT2D eigenvalue weighted by Gasteiger charge is -2.17. The third-order valence-electron chi connectivity index (χ3n) is 4.87. The molecule has 1 saturated carbocycles. The highest BCUT2D eigenvalue weighted by Crippen LogP contribution is 2.30. The van der Waals surface area contributed by atoms with E-state index >= 15 is 0 Å². The van der Waals surface area contributed by atoms with Crippen LogP contribution in [0.1, 0.15) is 25.7 Å². The van der Waals surface area contributed by atoms with E-state index < -0.39 is 0 Å². The Morgan fingerprint density at radius 1 is 0.889 bits per heavy atom. The summed E-state index contributed by atoms with van der Waals surface area (Å²) in [6.07, 6.45) is 4.81. The summed E-state index contributed by atoms with van der Waals surface area (Å²) in [6, 6.07) is 21.4. The first-order chi connectivity index (χ1) is 13.3. The predicted molar refractivity (Wildman–Crippen MR) is 107 cm³/mol. The quantitative estimate of drug-likeness (QED) is 0.658. The summed E-state index contributed by atoms with van der Waals surface area (Å²) in [6.45, 7) is -0.0498. The van der Waals surface area contributed by atoms with Gasteiger partial charge in [0.25, 0.3) is 5.91 Å². The highest BCUT2D eigenvalue weighted by atomic mass is 16.5. The Hall–Kier alpha value is -3.01. The fourth-order valence-electron chi connectivity index (χ4n) is 3.51. The fraction of sp³-hybridized carbons (Fsp3) is 0.261. The van der Waals surface area contributed by atoms with Gasteiger partial charge in [0.15, 0.2) is 6.61 Å². The summed E-state index contributed by atoms with van der Waals surface area (Å²) in [5.74, 6) is 1.23. The van der Waals surface area contributed by atoms with Gasteiger partial charge in [-0.15, -0.1) is 0 Å². The number of rotatable bonds is 6. The molecule has 0 atom stereocenters. The number of ether oxygens (including phenoxy) is 2. The number of nitrogens with one attached hydrogen (secondary N) is 1. The molecule has 0 spiro atoms. The van der Waals surface area contributed by atoms with Crippen LogP contribution in [0.15, 0.2) is 66.7 Å². The molecule has 4 rings (SSSR count). The van der Waals surface area contributed by atoms with E-state index in [1.165, 1.54) is 12.8 Å². The summed E-state index contributed by atoms with van der Waals surface area (Å²) in [4.78, 5) is 12.4. The van der Waals surface area contributed by atoms with Crippen LogP contribution in [0, 0.1) is 0 Å². The monoisotopic (exact) mass is 361 g/mol. The van der Waals surface area contributed by atoms with E-state index in [2.05, 4.69) is 5.32 Å². The van der Waals surface area contributed by atoms with Crippen molar-refractivity contribution in [3.63, 3.8) is 0 Å². The normalized spacial score (nSPS) is 14.2.